The van der Waals surface area contributed by atoms with E-state index in [4.69, 9.17) is 0 Å². The fraction of sp³-hybridized carbons (Fsp3) is 0.417. The molecular formula is C12H16O. The molecule has 0 N–H and O–H groups in total. The van der Waals surface area contributed by atoms with E-state index in [0.29, 0.717) is 6.42 Å². The van der Waals surface area contributed by atoms with Crippen molar-refractivity contribution in [1.82, 2.24) is 0 Å². The van der Waals surface area contributed by atoms with Crippen LogP contribution in [0.1, 0.15) is 30.0 Å². The minimum Gasteiger partial charge on any atom is -0.300 e. The number of Topliss-reactive ketones (excluding diaryl/α,β-unsaturated/α-hetero) is 1. The fourth-order valence-corrected chi connectivity index (χ4v) is 1.28. The Morgan fingerprint density at radius 3 is 2.46 bits per heavy atom. The molecule has 0 unspecified atom stereocenters. The molecule has 1 heteroatoms. The zero-order valence-corrected chi connectivity index (χ0v) is 8.55. The molecule has 70 valence electrons. The average molecular weight is 176 g/mol. The highest BCUT2D eigenvalue weighted by Crippen LogP contribution is 2.11. The summed E-state index contributed by atoms with van der Waals surface area (Å²) in [6, 6.07) is 6.38. The lowest BCUT2D eigenvalue weighted by atomic mass is 10.0. The molecule has 0 aliphatic carbocycles. The number of rotatable bonds is 3. The second-order valence-electron chi connectivity index (χ2n) is 3.62. The Morgan fingerprint density at radius 2 is 1.92 bits per heavy atom. The van der Waals surface area contributed by atoms with E-state index < -0.39 is 0 Å². The minimum absolute atomic E-state index is 0.262. The second kappa shape index (κ2) is 4.22. The van der Waals surface area contributed by atoms with E-state index in [0.717, 1.165) is 6.42 Å². The Bertz CT molecular complexity index is 313. The van der Waals surface area contributed by atoms with Gasteiger partial charge in [0.25, 0.3) is 0 Å². The lowest BCUT2D eigenvalue weighted by Crippen LogP contribution is -1.94. The summed E-state index contributed by atoms with van der Waals surface area (Å²) in [4.78, 5) is 10.8. The Labute approximate surface area is 79.8 Å². The van der Waals surface area contributed by atoms with E-state index in [1.165, 1.54) is 16.7 Å². The minimum atomic E-state index is 0.262. The second-order valence-corrected chi connectivity index (χ2v) is 3.62. The smallest absolute Gasteiger partial charge is 0.130 e. The monoisotopic (exact) mass is 176 g/mol. The lowest BCUT2D eigenvalue weighted by Gasteiger charge is -2.03. The van der Waals surface area contributed by atoms with Gasteiger partial charge >= 0.3 is 0 Å². The maximum atomic E-state index is 10.8. The van der Waals surface area contributed by atoms with Crippen molar-refractivity contribution >= 4 is 5.78 Å². The third kappa shape index (κ3) is 3.02. The zero-order valence-electron chi connectivity index (χ0n) is 8.55. The molecule has 0 heterocycles. The van der Waals surface area contributed by atoms with Gasteiger partial charge in [0, 0.05) is 6.42 Å². The van der Waals surface area contributed by atoms with Crippen LogP contribution in [0.4, 0.5) is 0 Å². The third-order valence-electron chi connectivity index (χ3n) is 2.34. The first kappa shape index (κ1) is 9.97. The summed E-state index contributed by atoms with van der Waals surface area (Å²) in [5.41, 5.74) is 3.88. The molecule has 0 aromatic heterocycles. The van der Waals surface area contributed by atoms with Crippen LogP contribution in [0.2, 0.25) is 0 Å². The Kier molecular flexibility index (Phi) is 3.24. The van der Waals surface area contributed by atoms with Gasteiger partial charge in [-0.15, -0.1) is 0 Å². The number of carbonyl (C=O) groups excluding carboxylic acids is 1. The summed E-state index contributed by atoms with van der Waals surface area (Å²) in [7, 11) is 0. The van der Waals surface area contributed by atoms with E-state index in [1.807, 2.05) is 0 Å². The molecule has 13 heavy (non-hydrogen) atoms. The SMILES string of the molecule is CC(=O)CCc1ccc(C)c(C)c1. The van der Waals surface area contributed by atoms with Crippen molar-refractivity contribution in [2.75, 3.05) is 0 Å². The summed E-state index contributed by atoms with van der Waals surface area (Å²) in [5.74, 6) is 0.262. The average Bonchev–Trinajstić information content (AvgIpc) is 2.07. The number of ketones is 1. The van der Waals surface area contributed by atoms with Crippen LogP contribution in [0.5, 0.6) is 0 Å². The van der Waals surface area contributed by atoms with Crippen molar-refractivity contribution in [3.05, 3.63) is 34.9 Å². The van der Waals surface area contributed by atoms with Crippen LogP contribution < -0.4 is 0 Å². The van der Waals surface area contributed by atoms with E-state index in [-0.39, 0.29) is 5.78 Å². The molecule has 0 saturated carbocycles. The van der Waals surface area contributed by atoms with Gasteiger partial charge < -0.3 is 4.79 Å². The summed E-state index contributed by atoms with van der Waals surface area (Å²) in [6.07, 6.45) is 1.53. The van der Waals surface area contributed by atoms with Crippen molar-refractivity contribution in [3.8, 4) is 0 Å². The lowest BCUT2D eigenvalue weighted by molar-refractivity contribution is -0.116. The molecule has 0 amide bonds. The number of aryl methyl sites for hydroxylation is 3. The van der Waals surface area contributed by atoms with E-state index in [1.54, 1.807) is 6.92 Å². The van der Waals surface area contributed by atoms with Crippen molar-refractivity contribution in [2.45, 2.75) is 33.6 Å². The van der Waals surface area contributed by atoms with E-state index >= 15 is 0 Å². The predicted molar refractivity (Wildman–Crippen MR) is 54.9 cm³/mol. The molecule has 0 atom stereocenters. The number of benzene rings is 1. The highest BCUT2D eigenvalue weighted by atomic mass is 16.1. The van der Waals surface area contributed by atoms with Crippen LogP contribution in [-0.4, -0.2) is 5.78 Å². The van der Waals surface area contributed by atoms with Crippen LogP contribution in [0.25, 0.3) is 0 Å². The first-order valence-electron chi connectivity index (χ1n) is 4.65. The number of hydrogen-bond acceptors (Lipinski definition) is 1. The van der Waals surface area contributed by atoms with Crippen molar-refractivity contribution in [1.29, 1.82) is 0 Å². The normalized spacial score (nSPS) is 10.1. The topological polar surface area (TPSA) is 17.1 Å². The summed E-state index contributed by atoms with van der Waals surface area (Å²) in [6.45, 7) is 5.84. The highest BCUT2D eigenvalue weighted by Gasteiger charge is 1.98. The Balaban J connectivity index is 2.68. The molecule has 0 radical (unpaired) electrons. The van der Waals surface area contributed by atoms with Gasteiger partial charge in [0.2, 0.25) is 0 Å². The Morgan fingerprint density at radius 1 is 1.23 bits per heavy atom. The van der Waals surface area contributed by atoms with Crippen molar-refractivity contribution in [2.24, 2.45) is 0 Å². The molecule has 0 spiro atoms. The van der Waals surface area contributed by atoms with Crippen LogP contribution in [0.3, 0.4) is 0 Å². The number of carbonyl (C=O) groups is 1. The summed E-state index contributed by atoms with van der Waals surface area (Å²) >= 11 is 0. The van der Waals surface area contributed by atoms with E-state index in [2.05, 4.69) is 32.0 Å². The molecule has 1 rings (SSSR count). The molecule has 0 aliphatic heterocycles. The van der Waals surface area contributed by atoms with Crippen molar-refractivity contribution in [3.63, 3.8) is 0 Å². The largest absolute Gasteiger partial charge is 0.300 e. The zero-order chi connectivity index (χ0) is 9.84. The molecule has 0 fully saturated rings. The fourth-order valence-electron chi connectivity index (χ4n) is 1.28. The molecule has 1 nitrogen and oxygen atoms in total. The molecule has 1 aromatic carbocycles. The first-order valence-corrected chi connectivity index (χ1v) is 4.65. The van der Waals surface area contributed by atoms with Gasteiger partial charge in [0.1, 0.15) is 5.78 Å². The van der Waals surface area contributed by atoms with Crippen molar-refractivity contribution < 1.29 is 4.79 Å². The van der Waals surface area contributed by atoms with Gasteiger partial charge in [-0.05, 0) is 43.9 Å². The predicted octanol–water partition coefficient (Wildman–Crippen LogP) is 2.83. The van der Waals surface area contributed by atoms with Crippen LogP contribution in [0, 0.1) is 13.8 Å². The standard InChI is InChI=1S/C12H16O/c1-9-4-6-12(8-10(9)2)7-5-11(3)13/h4,6,8H,5,7H2,1-3H3. The summed E-state index contributed by atoms with van der Waals surface area (Å²) in [5, 5.41) is 0. The van der Waals surface area contributed by atoms with Gasteiger partial charge in [0.15, 0.2) is 0 Å². The number of hydrogen-bond donors (Lipinski definition) is 0. The molecule has 0 saturated heterocycles. The van der Waals surface area contributed by atoms with Crippen LogP contribution >= 0.6 is 0 Å². The van der Waals surface area contributed by atoms with E-state index in [9.17, 15) is 4.79 Å². The molecule has 0 aliphatic rings. The van der Waals surface area contributed by atoms with Gasteiger partial charge in [-0.3, -0.25) is 0 Å². The maximum absolute atomic E-state index is 10.8. The first-order chi connectivity index (χ1) is 6.09. The molecule has 1 aromatic rings. The third-order valence-corrected chi connectivity index (χ3v) is 2.34. The maximum Gasteiger partial charge on any atom is 0.130 e. The highest BCUT2D eigenvalue weighted by molar-refractivity contribution is 5.75. The van der Waals surface area contributed by atoms with Crippen LogP contribution in [-0.2, 0) is 11.2 Å². The van der Waals surface area contributed by atoms with Gasteiger partial charge in [-0.25, -0.2) is 0 Å². The van der Waals surface area contributed by atoms with Gasteiger partial charge in [0.05, 0.1) is 0 Å². The summed E-state index contributed by atoms with van der Waals surface area (Å²) < 4.78 is 0. The molecule has 0 bridgehead atoms. The van der Waals surface area contributed by atoms with Gasteiger partial charge in [-0.1, -0.05) is 18.2 Å². The van der Waals surface area contributed by atoms with Crippen LogP contribution in [0.15, 0.2) is 18.2 Å². The Hall–Kier alpha value is -1.11. The quantitative estimate of drug-likeness (QED) is 0.692. The van der Waals surface area contributed by atoms with Gasteiger partial charge in [-0.2, -0.15) is 0 Å². The molecular weight excluding hydrogens is 160 g/mol.